The number of hydrogen-bond acceptors (Lipinski definition) is 1. The van der Waals surface area contributed by atoms with Crippen molar-refractivity contribution in [1.29, 1.82) is 0 Å². The van der Waals surface area contributed by atoms with Gasteiger partial charge in [0.1, 0.15) is 0 Å². The van der Waals surface area contributed by atoms with Crippen LogP contribution in [0, 0.1) is 12.1 Å². The lowest BCUT2D eigenvalue weighted by Gasteiger charge is -2.25. The summed E-state index contributed by atoms with van der Waals surface area (Å²) in [6.07, 6.45) is 13.9. The minimum Gasteiger partial charge on any atom is -0.135 e. The van der Waals surface area contributed by atoms with Crippen molar-refractivity contribution >= 4 is 86.2 Å². The first-order valence-corrected chi connectivity index (χ1v) is 25.4. The molecule has 3 aliphatic rings. The molecule has 1 heteroatoms. The van der Waals surface area contributed by atoms with E-state index in [0.717, 1.165) is 31.2 Å². The first-order chi connectivity index (χ1) is 34.2. The molecule has 2 atom stereocenters. The van der Waals surface area contributed by atoms with Crippen molar-refractivity contribution in [3.8, 4) is 33.4 Å². The fraction of sp³-hybridized carbons (Fsp3) is 0.0882. The highest BCUT2D eigenvalue weighted by Gasteiger charge is 2.25. The predicted molar refractivity (Wildman–Crippen MR) is 294 cm³/mol. The molecule has 69 heavy (non-hydrogen) atoms. The molecule has 0 spiro atoms. The van der Waals surface area contributed by atoms with Gasteiger partial charge in [-0.25, -0.2) is 0 Å². The van der Waals surface area contributed by atoms with E-state index in [1.54, 1.807) is 0 Å². The third-order valence-electron chi connectivity index (χ3n) is 15.9. The zero-order valence-corrected chi connectivity index (χ0v) is 38.8. The number of benzene rings is 10. The lowest BCUT2D eigenvalue weighted by atomic mass is 9.79. The quantitative estimate of drug-likeness (QED) is 0.146. The second kappa shape index (κ2) is 15.2. The molecule has 1 aromatic heterocycles. The minimum absolute atomic E-state index is 0.300. The average Bonchev–Trinajstić information content (AvgIpc) is 3.79. The minimum atomic E-state index is 0.300. The van der Waals surface area contributed by atoms with Crippen molar-refractivity contribution in [2.45, 2.75) is 37.5 Å². The van der Waals surface area contributed by atoms with Crippen LogP contribution in [0.5, 0.6) is 0 Å². The van der Waals surface area contributed by atoms with Crippen molar-refractivity contribution in [2.24, 2.45) is 0 Å². The Labute approximate surface area is 405 Å². The summed E-state index contributed by atoms with van der Waals surface area (Å²) in [5.41, 5.74) is 17.2. The van der Waals surface area contributed by atoms with Gasteiger partial charge in [0.2, 0.25) is 0 Å². The van der Waals surface area contributed by atoms with Crippen LogP contribution in [-0.2, 0) is 12.8 Å². The standard InChI is InChI=1S/C68H44S/c1-3-9-41(10-4-1)53-27-17-43-23-33-59-55(29-19-45-21-31-57(53)65(43)67(45)59)51-15-7-13-47(37-51)49-25-35-63-61(39-49)62-40-50(26-36-64(62)69-63)48-14-8-16-52(38-48)56-30-20-46-22-32-58-54(42-11-5-2-6-12-42)28-18-44-24-34-60(56)68(46)66(44)58/h1-5,7-11,13,15-23,25-26,28-33,35-40,48,53H,14,24,27,34H2. The van der Waals surface area contributed by atoms with Gasteiger partial charge in [0.05, 0.1) is 0 Å². The van der Waals surface area contributed by atoms with Gasteiger partial charge in [-0.1, -0.05) is 176 Å². The molecule has 12 aromatic rings. The van der Waals surface area contributed by atoms with Crippen molar-refractivity contribution in [1.82, 2.24) is 0 Å². The monoisotopic (exact) mass is 892 g/mol. The van der Waals surface area contributed by atoms with Crippen LogP contribution in [0.1, 0.15) is 58.1 Å². The van der Waals surface area contributed by atoms with Crippen LogP contribution < -0.4 is 5.22 Å². The summed E-state index contributed by atoms with van der Waals surface area (Å²) < 4.78 is 2.68. The Morgan fingerprint density at radius 2 is 1.28 bits per heavy atom. The summed E-state index contributed by atoms with van der Waals surface area (Å²) >= 11 is 1.91. The lowest BCUT2D eigenvalue weighted by molar-refractivity contribution is 0.853. The van der Waals surface area contributed by atoms with E-state index in [0.29, 0.717) is 11.8 Å². The van der Waals surface area contributed by atoms with E-state index in [2.05, 4.69) is 212 Å². The largest absolute Gasteiger partial charge is 0.135 e. The Morgan fingerprint density at radius 3 is 2.19 bits per heavy atom. The molecule has 1 heterocycles. The fourth-order valence-electron chi connectivity index (χ4n) is 12.6. The number of allylic oxidation sites excluding steroid dienone is 4. The van der Waals surface area contributed by atoms with E-state index < -0.39 is 0 Å². The van der Waals surface area contributed by atoms with Gasteiger partial charge >= 0.3 is 0 Å². The molecule has 15 rings (SSSR count). The molecule has 0 N–H and O–H groups in total. The van der Waals surface area contributed by atoms with Crippen LogP contribution in [0.2, 0.25) is 0 Å². The maximum absolute atomic E-state index is 3.37. The summed E-state index contributed by atoms with van der Waals surface area (Å²) in [7, 11) is 0. The van der Waals surface area contributed by atoms with Crippen LogP contribution in [0.15, 0.2) is 200 Å². The molecular formula is C68H44S. The first kappa shape index (κ1) is 39.0. The number of aryl methyl sites for hydroxylation is 2. The summed E-state index contributed by atoms with van der Waals surface area (Å²) in [6.45, 7) is 0. The Kier molecular flexibility index (Phi) is 8.62. The molecule has 3 aliphatic carbocycles. The molecule has 0 amide bonds. The maximum atomic E-state index is 3.37. The van der Waals surface area contributed by atoms with Crippen molar-refractivity contribution < 1.29 is 0 Å². The van der Waals surface area contributed by atoms with E-state index >= 15 is 0 Å². The Balaban J connectivity index is 0.787. The highest BCUT2D eigenvalue weighted by molar-refractivity contribution is 7.25. The highest BCUT2D eigenvalue weighted by Crippen LogP contribution is 2.46. The SMILES string of the molecule is c1cccc(-c2ccc3c4c2ccc2ccc(C5=CC(c6ccc7sc8ccc(-c9cccc(-c%10ccc%11ccc%12c%13c(ccc%10c%11%13)=CCC%12c%10ccccc%10)c9)cc8c7c6)CC=C5)c(c24)CC3)c#1. The normalized spacial score (nSPS) is 16.2. The molecule has 11 aromatic carbocycles. The highest BCUT2D eigenvalue weighted by atomic mass is 32.1. The molecule has 0 fully saturated rings. The van der Waals surface area contributed by atoms with Gasteiger partial charge in [0.25, 0.3) is 0 Å². The molecule has 2 unspecified atom stereocenters. The summed E-state index contributed by atoms with van der Waals surface area (Å²) in [4.78, 5) is 0. The average molecular weight is 893 g/mol. The van der Waals surface area contributed by atoms with Crippen molar-refractivity contribution in [3.05, 3.63) is 251 Å². The smallest absolute Gasteiger partial charge is 0.0355 e. The van der Waals surface area contributed by atoms with E-state index in [-0.39, 0.29) is 0 Å². The van der Waals surface area contributed by atoms with E-state index in [1.165, 1.54) is 135 Å². The molecule has 0 saturated heterocycles. The third-order valence-corrected chi connectivity index (χ3v) is 17.0. The summed E-state index contributed by atoms with van der Waals surface area (Å²) in [5.74, 6) is 0.670. The predicted octanol–water partition coefficient (Wildman–Crippen LogP) is 17.5. The molecule has 0 aliphatic heterocycles. The second-order valence-electron chi connectivity index (χ2n) is 19.5. The van der Waals surface area contributed by atoms with Gasteiger partial charge in [0.15, 0.2) is 0 Å². The third kappa shape index (κ3) is 6.09. The van der Waals surface area contributed by atoms with Gasteiger partial charge in [0, 0.05) is 37.6 Å². The zero-order valence-electron chi connectivity index (χ0n) is 38.0. The Morgan fingerprint density at radius 1 is 0.493 bits per heavy atom. The van der Waals surface area contributed by atoms with E-state index in [4.69, 9.17) is 0 Å². The lowest BCUT2D eigenvalue weighted by Crippen LogP contribution is -2.14. The molecule has 322 valence electrons. The number of thiophene rings is 1. The van der Waals surface area contributed by atoms with Gasteiger partial charge in [-0.3, -0.25) is 0 Å². The number of fused-ring (bicyclic) bond motifs is 3. The van der Waals surface area contributed by atoms with E-state index in [1.807, 2.05) is 17.4 Å². The van der Waals surface area contributed by atoms with Crippen LogP contribution in [0.4, 0.5) is 0 Å². The zero-order chi connectivity index (χ0) is 45.2. The summed E-state index contributed by atoms with van der Waals surface area (Å²) in [5, 5.41) is 15.0. The van der Waals surface area contributed by atoms with Gasteiger partial charge < -0.3 is 0 Å². The Bertz CT molecular complexity index is 4240. The molecule has 0 radical (unpaired) electrons. The van der Waals surface area contributed by atoms with Gasteiger partial charge in [-0.05, 0) is 183 Å². The van der Waals surface area contributed by atoms with Gasteiger partial charge in [-0.2, -0.15) is 0 Å². The summed E-state index contributed by atoms with van der Waals surface area (Å²) in [6, 6.07) is 75.5. The number of hydrogen-bond donors (Lipinski definition) is 0. The van der Waals surface area contributed by atoms with Crippen LogP contribution in [-0.4, -0.2) is 0 Å². The maximum Gasteiger partial charge on any atom is 0.0355 e. The van der Waals surface area contributed by atoms with Crippen molar-refractivity contribution in [2.75, 3.05) is 0 Å². The fourth-order valence-corrected chi connectivity index (χ4v) is 13.7. The molecule has 0 bridgehead atoms. The van der Waals surface area contributed by atoms with Gasteiger partial charge in [-0.15, -0.1) is 11.3 Å². The molecule has 0 saturated carbocycles. The van der Waals surface area contributed by atoms with Crippen LogP contribution in [0.3, 0.4) is 0 Å². The number of rotatable bonds is 6. The topological polar surface area (TPSA) is 0 Å². The second-order valence-corrected chi connectivity index (χ2v) is 20.6. The van der Waals surface area contributed by atoms with E-state index in [9.17, 15) is 0 Å². The first-order valence-electron chi connectivity index (χ1n) is 24.6. The molecular weight excluding hydrogens is 849 g/mol. The van der Waals surface area contributed by atoms with Crippen LogP contribution >= 0.6 is 11.3 Å². The Hall–Kier alpha value is -8.02. The van der Waals surface area contributed by atoms with Crippen LogP contribution in [0.25, 0.3) is 108 Å². The van der Waals surface area contributed by atoms with Crippen molar-refractivity contribution in [3.63, 3.8) is 0 Å². The molecule has 0 nitrogen and oxygen atoms in total.